The Bertz CT molecular complexity index is 3130. The lowest BCUT2D eigenvalue weighted by molar-refractivity contribution is -0.384. The van der Waals surface area contributed by atoms with E-state index in [2.05, 4.69) is 85.0 Å². The fourth-order valence-electron chi connectivity index (χ4n) is 11.3. The van der Waals surface area contributed by atoms with Crippen LogP contribution in [0.1, 0.15) is 78.5 Å². The van der Waals surface area contributed by atoms with Crippen LogP contribution in [0.2, 0.25) is 0 Å². The monoisotopic (exact) mass is 1030 g/mol. The minimum atomic E-state index is -4.62. The van der Waals surface area contributed by atoms with Gasteiger partial charge in [-0.3, -0.25) is 29.5 Å². The Kier molecular flexibility index (Phi) is 14.6. The summed E-state index contributed by atoms with van der Waals surface area (Å²) in [6.07, 6.45) is 7.57. The molecule has 1 spiro atoms. The van der Waals surface area contributed by atoms with Crippen LogP contribution in [-0.2, 0) is 26.1 Å². The maximum absolute atomic E-state index is 14.1. The number of aromatic nitrogens is 2. The summed E-state index contributed by atoms with van der Waals surface area (Å²) in [4.78, 5) is 54.0. The summed E-state index contributed by atoms with van der Waals surface area (Å²) in [5.74, 6) is 0.583. The third-order valence-electron chi connectivity index (χ3n) is 15.3. The van der Waals surface area contributed by atoms with Crippen molar-refractivity contribution < 1.29 is 37.1 Å². The van der Waals surface area contributed by atoms with Crippen LogP contribution in [0.4, 0.5) is 17.1 Å². The standard InChI is InChI=1S/C55H63N9O9S/c1-37(2)45-6-4-5-7-46(45)50-35-60(34-38-8-11-42(71-3)12-9-38)24-25-63(50)41-31-55(32-41)17-21-61(22-18-55)40-10-14-47(51(29-40)73-43-28-39-16-19-57-53(39)58-33-43)54(66)59-74(69,70)44-13-15-48(49(30-44)64(67)68)56-20-23-62-26-27-72-36-52(62)65/h4-16,19,28-30,33,37,41,50,56H,17-18,20-27,31-32,34-36H2,1-3H3,(H,57,58)(H,59,66)/t50-/m1/s1. The summed E-state index contributed by atoms with van der Waals surface area (Å²) >= 11 is 0. The first kappa shape index (κ1) is 50.5. The summed E-state index contributed by atoms with van der Waals surface area (Å²) < 4.78 is 46.7. The molecule has 4 aliphatic rings. The molecule has 19 heteroatoms. The topological polar surface area (TPSA) is 205 Å². The predicted octanol–water partition coefficient (Wildman–Crippen LogP) is 8.09. The molecule has 18 nitrogen and oxygen atoms in total. The van der Waals surface area contributed by atoms with Crippen molar-refractivity contribution in [3.05, 3.63) is 142 Å². The molecule has 1 saturated carbocycles. The number of aromatic amines is 1. The van der Waals surface area contributed by atoms with Gasteiger partial charge in [-0.2, -0.15) is 0 Å². The minimum absolute atomic E-state index is 0.0279. The highest BCUT2D eigenvalue weighted by molar-refractivity contribution is 7.90. The van der Waals surface area contributed by atoms with E-state index >= 15 is 0 Å². The number of nitro benzene ring substituents is 1. The van der Waals surface area contributed by atoms with Crippen molar-refractivity contribution in [2.75, 3.05) is 82.9 Å². The summed E-state index contributed by atoms with van der Waals surface area (Å²) in [5, 5.41) is 15.9. The van der Waals surface area contributed by atoms with E-state index in [1.165, 1.54) is 35.0 Å². The van der Waals surface area contributed by atoms with Gasteiger partial charge in [0, 0.05) is 100 Å². The molecule has 4 aromatic carbocycles. The maximum Gasteiger partial charge on any atom is 0.293 e. The number of pyridine rings is 1. The van der Waals surface area contributed by atoms with Crippen molar-refractivity contribution in [2.24, 2.45) is 5.41 Å². The van der Waals surface area contributed by atoms with Gasteiger partial charge in [-0.1, -0.05) is 50.2 Å². The first-order valence-electron chi connectivity index (χ1n) is 25.4. The van der Waals surface area contributed by atoms with Crippen LogP contribution in [0.25, 0.3) is 11.0 Å². The van der Waals surface area contributed by atoms with E-state index in [-0.39, 0.29) is 54.1 Å². The number of sulfonamides is 1. The van der Waals surface area contributed by atoms with Gasteiger partial charge >= 0.3 is 0 Å². The van der Waals surface area contributed by atoms with Crippen LogP contribution >= 0.6 is 0 Å². The average molecular weight is 1030 g/mol. The van der Waals surface area contributed by atoms with E-state index in [1.807, 2.05) is 24.3 Å². The van der Waals surface area contributed by atoms with Gasteiger partial charge in [0.15, 0.2) is 0 Å². The molecule has 5 heterocycles. The van der Waals surface area contributed by atoms with Gasteiger partial charge in [0.2, 0.25) is 5.91 Å². The molecular formula is C55H63N9O9S. The number of nitrogens with one attached hydrogen (secondary N) is 3. The fraction of sp³-hybridized carbons (Fsp3) is 0.400. The Morgan fingerprint density at radius 2 is 1.76 bits per heavy atom. The highest BCUT2D eigenvalue weighted by atomic mass is 32.2. The lowest BCUT2D eigenvalue weighted by Gasteiger charge is -2.58. The molecule has 0 radical (unpaired) electrons. The number of hydrogen-bond acceptors (Lipinski definition) is 14. The first-order chi connectivity index (χ1) is 35.7. The quantitative estimate of drug-likeness (QED) is 0.0584. The van der Waals surface area contributed by atoms with Crippen LogP contribution in [-0.4, -0.2) is 129 Å². The van der Waals surface area contributed by atoms with E-state index in [9.17, 15) is 28.1 Å². The number of piperidine rings is 1. The number of rotatable bonds is 17. The molecule has 3 N–H and O–H groups in total. The van der Waals surface area contributed by atoms with Crippen LogP contribution < -0.4 is 24.4 Å². The number of piperazine rings is 1. The Morgan fingerprint density at radius 1 is 0.959 bits per heavy atom. The first-order valence-corrected chi connectivity index (χ1v) is 26.9. The number of benzene rings is 4. The summed E-state index contributed by atoms with van der Waals surface area (Å²) in [5.41, 5.74) is 5.33. The molecule has 388 valence electrons. The van der Waals surface area contributed by atoms with Crippen molar-refractivity contribution in [2.45, 2.75) is 69.0 Å². The molecular weight excluding hydrogens is 963 g/mol. The van der Waals surface area contributed by atoms with Gasteiger partial charge in [0.25, 0.3) is 21.6 Å². The second-order valence-electron chi connectivity index (χ2n) is 20.3. The highest BCUT2D eigenvalue weighted by Crippen LogP contribution is 2.53. The molecule has 2 amide bonds. The van der Waals surface area contributed by atoms with Crippen LogP contribution in [0.3, 0.4) is 0 Å². The van der Waals surface area contributed by atoms with Crippen molar-refractivity contribution in [1.82, 2.24) is 29.4 Å². The second kappa shape index (κ2) is 21.4. The number of nitro groups is 1. The number of hydrogen-bond donors (Lipinski definition) is 3. The zero-order chi connectivity index (χ0) is 51.6. The Hall–Kier alpha value is -7.06. The molecule has 6 aromatic rings. The Morgan fingerprint density at radius 3 is 2.51 bits per heavy atom. The predicted molar refractivity (Wildman–Crippen MR) is 281 cm³/mol. The highest BCUT2D eigenvalue weighted by Gasteiger charge is 2.50. The largest absolute Gasteiger partial charge is 0.497 e. The maximum atomic E-state index is 14.1. The zero-order valence-corrected chi connectivity index (χ0v) is 42.8. The molecule has 4 fully saturated rings. The van der Waals surface area contributed by atoms with Crippen molar-refractivity contribution in [3.8, 4) is 17.2 Å². The third kappa shape index (κ3) is 10.9. The average Bonchev–Trinajstić information content (AvgIpc) is 3.87. The van der Waals surface area contributed by atoms with Gasteiger partial charge in [-0.05, 0) is 102 Å². The van der Waals surface area contributed by atoms with Gasteiger partial charge < -0.3 is 34.3 Å². The van der Waals surface area contributed by atoms with Gasteiger partial charge in [-0.25, -0.2) is 18.1 Å². The lowest BCUT2D eigenvalue weighted by atomic mass is 9.59. The number of morpholine rings is 1. The zero-order valence-electron chi connectivity index (χ0n) is 42.0. The molecule has 3 saturated heterocycles. The molecule has 74 heavy (non-hydrogen) atoms. The SMILES string of the molecule is COc1ccc(CN2CCN(C3CC4(CCN(c5ccc(C(=O)NS(=O)(=O)c6ccc(NCCN7CCOCC7=O)c([N+](=O)[O-])c6)c(Oc6cnc7[nH]ccc7c6)c5)CC4)C3)[C@@H](c3ccccc3C(C)C)C2)cc1. The number of amides is 2. The number of carbonyl (C=O) groups excluding carboxylic acids is 2. The van der Waals surface area contributed by atoms with Gasteiger partial charge in [0.05, 0.1) is 35.3 Å². The normalized spacial score (nSPS) is 18.6. The summed E-state index contributed by atoms with van der Waals surface area (Å²) in [7, 11) is -2.93. The van der Waals surface area contributed by atoms with E-state index in [1.54, 1.807) is 36.4 Å². The van der Waals surface area contributed by atoms with Gasteiger partial charge in [0.1, 0.15) is 35.2 Å². The Labute approximate surface area is 431 Å². The molecule has 2 aromatic heterocycles. The van der Waals surface area contributed by atoms with E-state index < -0.39 is 31.4 Å². The number of carbonyl (C=O) groups is 2. The van der Waals surface area contributed by atoms with E-state index in [0.29, 0.717) is 36.5 Å². The molecule has 3 aliphatic heterocycles. The lowest BCUT2D eigenvalue weighted by Crippen LogP contribution is -2.60. The molecule has 10 rings (SSSR count). The van der Waals surface area contributed by atoms with Crippen molar-refractivity contribution >= 4 is 49.9 Å². The van der Waals surface area contributed by atoms with E-state index in [4.69, 9.17) is 14.2 Å². The van der Waals surface area contributed by atoms with Crippen molar-refractivity contribution in [3.63, 3.8) is 0 Å². The molecule has 0 unspecified atom stereocenters. The molecule has 1 atom stereocenters. The van der Waals surface area contributed by atoms with Crippen LogP contribution in [0, 0.1) is 15.5 Å². The Balaban J connectivity index is 0.828. The smallest absolute Gasteiger partial charge is 0.293 e. The number of ether oxygens (including phenoxy) is 3. The van der Waals surface area contributed by atoms with E-state index in [0.717, 1.165) is 87.8 Å². The second-order valence-corrected chi connectivity index (χ2v) is 22.0. The number of fused-ring (bicyclic) bond motifs is 1. The minimum Gasteiger partial charge on any atom is -0.497 e. The third-order valence-corrected chi connectivity index (χ3v) is 16.7. The van der Waals surface area contributed by atoms with Crippen LogP contribution in [0.15, 0.2) is 114 Å². The number of H-pyrrole nitrogens is 1. The summed E-state index contributed by atoms with van der Waals surface area (Å²) in [6, 6.07) is 30.3. The number of anilines is 2. The van der Waals surface area contributed by atoms with Crippen LogP contribution in [0.5, 0.6) is 17.2 Å². The number of methoxy groups -OCH3 is 1. The summed E-state index contributed by atoms with van der Waals surface area (Å²) in [6.45, 7) is 11.2. The fourth-order valence-corrected chi connectivity index (χ4v) is 12.3. The molecule has 1 aliphatic carbocycles. The van der Waals surface area contributed by atoms with Crippen molar-refractivity contribution in [1.29, 1.82) is 0 Å². The molecule has 0 bridgehead atoms. The van der Waals surface area contributed by atoms with Gasteiger partial charge in [-0.15, -0.1) is 0 Å². The number of nitrogens with zero attached hydrogens (tertiary/aromatic N) is 6.